The third-order valence-corrected chi connectivity index (χ3v) is 4.53. The summed E-state index contributed by atoms with van der Waals surface area (Å²) in [5.74, 6) is 1.23. The minimum Gasteiger partial charge on any atom is -0.458 e. The third kappa shape index (κ3) is 3.79. The number of hydrogen-bond acceptors (Lipinski definition) is 7. The molecule has 29 heavy (non-hydrogen) atoms. The van der Waals surface area contributed by atoms with Crippen molar-refractivity contribution in [1.29, 1.82) is 0 Å². The Hall–Kier alpha value is -3.39. The summed E-state index contributed by atoms with van der Waals surface area (Å²) in [5, 5.41) is 2.38. The zero-order valence-electron chi connectivity index (χ0n) is 16.2. The molecule has 11 nitrogen and oxygen atoms in total. The molecule has 1 aliphatic rings. The first-order chi connectivity index (χ1) is 13.8. The maximum atomic E-state index is 13.1. The second kappa shape index (κ2) is 7.92. The number of rotatable bonds is 5. The number of amides is 1. The van der Waals surface area contributed by atoms with E-state index in [1.54, 1.807) is 0 Å². The topological polar surface area (TPSA) is 137 Å². The van der Waals surface area contributed by atoms with Crippen molar-refractivity contribution >= 4 is 29.0 Å². The zero-order chi connectivity index (χ0) is 21.3. The van der Waals surface area contributed by atoms with Crippen molar-refractivity contribution < 1.29 is 19.1 Å². The normalized spacial score (nSPS) is 21.1. The van der Waals surface area contributed by atoms with Gasteiger partial charge in [-0.2, -0.15) is 4.98 Å². The minimum absolute atomic E-state index is 0.0309. The molecule has 0 unspecified atom stereocenters. The van der Waals surface area contributed by atoms with Gasteiger partial charge in [0.25, 0.3) is 5.56 Å². The standard InChI is InChI=1S/C18H21N5O6/c1-5-7-22-13-14(20-17(19-9(3)24)21-15(13)26)23(18(22)27)16-12(28-10(4)25)8-11(6-2)29-16/h1,11-12,16H,6-8H2,2-4H3,(H2,19,20,21,24,26)/t11-,12-,16-/m1/s1. The molecule has 3 atom stereocenters. The van der Waals surface area contributed by atoms with Gasteiger partial charge in [0.2, 0.25) is 11.9 Å². The molecule has 154 valence electrons. The second-order valence-corrected chi connectivity index (χ2v) is 6.65. The molecule has 0 saturated carbocycles. The lowest BCUT2D eigenvalue weighted by Crippen LogP contribution is -2.33. The lowest BCUT2D eigenvalue weighted by Gasteiger charge is -2.19. The van der Waals surface area contributed by atoms with Crippen molar-refractivity contribution in [2.45, 2.75) is 58.6 Å². The van der Waals surface area contributed by atoms with Gasteiger partial charge < -0.3 is 9.47 Å². The summed E-state index contributed by atoms with van der Waals surface area (Å²) >= 11 is 0. The molecule has 3 heterocycles. The van der Waals surface area contributed by atoms with Crippen molar-refractivity contribution in [2.24, 2.45) is 0 Å². The number of aromatic nitrogens is 4. The van der Waals surface area contributed by atoms with Crippen LogP contribution in [0.1, 0.15) is 39.8 Å². The Bertz CT molecular complexity index is 1120. The molecule has 0 aromatic carbocycles. The Morgan fingerprint density at radius 3 is 2.72 bits per heavy atom. The molecule has 0 aliphatic carbocycles. The van der Waals surface area contributed by atoms with Gasteiger partial charge in [0, 0.05) is 20.3 Å². The number of hydrogen-bond donors (Lipinski definition) is 2. The molecule has 2 aromatic heterocycles. The second-order valence-electron chi connectivity index (χ2n) is 6.65. The number of esters is 1. The molecule has 3 rings (SSSR count). The average molecular weight is 403 g/mol. The highest BCUT2D eigenvalue weighted by Gasteiger charge is 2.40. The number of anilines is 1. The van der Waals surface area contributed by atoms with Crippen LogP contribution in [0.4, 0.5) is 5.95 Å². The summed E-state index contributed by atoms with van der Waals surface area (Å²) in [4.78, 5) is 55.3. The Balaban J connectivity index is 2.26. The van der Waals surface area contributed by atoms with Crippen LogP contribution in [-0.4, -0.2) is 43.2 Å². The highest BCUT2D eigenvalue weighted by molar-refractivity contribution is 5.87. The van der Waals surface area contributed by atoms with E-state index in [0.717, 1.165) is 9.13 Å². The highest BCUT2D eigenvalue weighted by Crippen LogP contribution is 2.33. The SMILES string of the molecule is C#CCn1c(=O)n([C@@H]2O[C@H](CC)C[C@H]2OC(C)=O)c2nc(NC(C)=O)[nH]c(=O)c21. The van der Waals surface area contributed by atoms with Gasteiger partial charge in [-0.1, -0.05) is 12.8 Å². The summed E-state index contributed by atoms with van der Waals surface area (Å²) in [6.45, 7) is 4.25. The van der Waals surface area contributed by atoms with E-state index < -0.39 is 35.5 Å². The van der Waals surface area contributed by atoms with E-state index in [1.165, 1.54) is 13.8 Å². The van der Waals surface area contributed by atoms with Crippen molar-refractivity contribution in [3.8, 4) is 12.3 Å². The largest absolute Gasteiger partial charge is 0.458 e. The fraction of sp³-hybridized carbons (Fsp3) is 0.500. The molecule has 2 aromatic rings. The number of imidazole rings is 1. The molecule has 1 aliphatic heterocycles. The van der Waals surface area contributed by atoms with Crippen molar-refractivity contribution in [3.63, 3.8) is 0 Å². The number of carbonyl (C=O) groups is 2. The van der Waals surface area contributed by atoms with Gasteiger partial charge in [0.1, 0.15) is 6.10 Å². The van der Waals surface area contributed by atoms with E-state index in [0.29, 0.717) is 12.8 Å². The maximum Gasteiger partial charge on any atom is 0.333 e. The lowest BCUT2D eigenvalue weighted by atomic mass is 10.1. The molecule has 1 saturated heterocycles. The predicted molar refractivity (Wildman–Crippen MR) is 102 cm³/mol. The quantitative estimate of drug-likeness (QED) is 0.534. The zero-order valence-corrected chi connectivity index (χ0v) is 16.2. The van der Waals surface area contributed by atoms with Crippen LogP contribution < -0.4 is 16.6 Å². The molecule has 11 heteroatoms. The molecule has 1 fully saturated rings. The van der Waals surface area contributed by atoms with Crippen LogP contribution in [0.25, 0.3) is 11.2 Å². The van der Waals surface area contributed by atoms with Crippen LogP contribution in [0.5, 0.6) is 0 Å². The van der Waals surface area contributed by atoms with E-state index >= 15 is 0 Å². The van der Waals surface area contributed by atoms with Crippen molar-refractivity contribution in [3.05, 3.63) is 20.8 Å². The van der Waals surface area contributed by atoms with E-state index in [1.807, 2.05) is 6.92 Å². The Kier molecular flexibility index (Phi) is 5.56. The van der Waals surface area contributed by atoms with Crippen LogP contribution in [0, 0.1) is 12.3 Å². The summed E-state index contributed by atoms with van der Waals surface area (Å²) < 4.78 is 13.5. The third-order valence-electron chi connectivity index (χ3n) is 4.53. The van der Waals surface area contributed by atoms with Gasteiger partial charge in [0.05, 0.1) is 12.6 Å². The first kappa shape index (κ1) is 20.3. The number of fused-ring (bicyclic) bond motifs is 1. The highest BCUT2D eigenvalue weighted by atomic mass is 16.6. The van der Waals surface area contributed by atoms with E-state index in [4.69, 9.17) is 15.9 Å². The molecular formula is C18H21N5O6. The number of carbonyl (C=O) groups excluding carboxylic acids is 2. The monoisotopic (exact) mass is 403 g/mol. The first-order valence-corrected chi connectivity index (χ1v) is 9.05. The van der Waals surface area contributed by atoms with Gasteiger partial charge in [-0.15, -0.1) is 6.42 Å². The van der Waals surface area contributed by atoms with E-state index in [-0.39, 0.29) is 29.8 Å². The summed E-state index contributed by atoms with van der Waals surface area (Å²) in [5.41, 5.74) is -1.38. The summed E-state index contributed by atoms with van der Waals surface area (Å²) in [6.07, 6.45) is 4.39. The van der Waals surface area contributed by atoms with Crippen molar-refractivity contribution in [1.82, 2.24) is 19.1 Å². The van der Waals surface area contributed by atoms with Crippen LogP contribution in [-0.2, 0) is 25.6 Å². The Morgan fingerprint density at radius 1 is 1.41 bits per heavy atom. The lowest BCUT2D eigenvalue weighted by molar-refractivity contribution is -0.152. The van der Waals surface area contributed by atoms with Gasteiger partial charge >= 0.3 is 11.7 Å². The number of nitrogens with zero attached hydrogens (tertiary/aromatic N) is 3. The van der Waals surface area contributed by atoms with Crippen LogP contribution >= 0.6 is 0 Å². The molecule has 0 spiro atoms. The molecule has 1 amide bonds. The number of aromatic amines is 1. The molecule has 2 N–H and O–H groups in total. The van der Waals surface area contributed by atoms with Crippen LogP contribution in [0.3, 0.4) is 0 Å². The van der Waals surface area contributed by atoms with Gasteiger partial charge in [0.15, 0.2) is 17.4 Å². The Labute approximate surface area is 165 Å². The Morgan fingerprint density at radius 2 is 2.14 bits per heavy atom. The summed E-state index contributed by atoms with van der Waals surface area (Å²) in [7, 11) is 0. The van der Waals surface area contributed by atoms with Gasteiger partial charge in [-0.3, -0.25) is 29.3 Å². The van der Waals surface area contributed by atoms with Crippen LogP contribution in [0.15, 0.2) is 9.59 Å². The maximum absolute atomic E-state index is 13.1. The summed E-state index contributed by atoms with van der Waals surface area (Å²) in [6, 6.07) is 0. The fourth-order valence-corrected chi connectivity index (χ4v) is 3.40. The number of nitrogens with one attached hydrogen (secondary N) is 2. The van der Waals surface area contributed by atoms with Crippen molar-refractivity contribution in [2.75, 3.05) is 5.32 Å². The molecular weight excluding hydrogens is 382 g/mol. The average Bonchev–Trinajstić information content (AvgIpc) is 3.13. The van der Waals surface area contributed by atoms with E-state index in [9.17, 15) is 19.2 Å². The smallest absolute Gasteiger partial charge is 0.333 e. The molecule has 0 radical (unpaired) electrons. The molecule has 0 bridgehead atoms. The number of H-pyrrole nitrogens is 1. The van der Waals surface area contributed by atoms with E-state index in [2.05, 4.69) is 21.2 Å². The number of terminal acetylenes is 1. The van der Waals surface area contributed by atoms with Gasteiger partial charge in [-0.05, 0) is 6.42 Å². The number of ether oxygens (including phenoxy) is 2. The van der Waals surface area contributed by atoms with Gasteiger partial charge in [-0.25, -0.2) is 9.36 Å². The predicted octanol–water partition coefficient (Wildman–Crippen LogP) is 0.107. The van der Waals surface area contributed by atoms with Crippen LogP contribution in [0.2, 0.25) is 0 Å². The first-order valence-electron chi connectivity index (χ1n) is 9.05. The fourth-order valence-electron chi connectivity index (χ4n) is 3.40. The minimum atomic E-state index is -0.989.